The number of hydrogen-bond donors (Lipinski definition) is 3. The van der Waals surface area contributed by atoms with Gasteiger partial charge in [-0.3, -0.25) is 9.59 Å². The van der Waals surface area contributed by atoms with E-state index in [-0.39, 0.29) is 24.5 Å². The summed E-state index contributed by atoms with van der Waals surface area (Å²) in [5, 5.41) is 31.6. The maximum Gasteiger partial charge on any atom is 0.176 e. The SMILES string of the molecule is CO[C@H]1C[C@@H](O)C(=O)[C@@]2(C[C@H]3C(=C(C)[C@@H]2/C=C/C(C)(C)O)CC[C@@]3(C)O)C1=O. The van der Waals surface area contributed by atoms with Gasteiger partial charge in [0.15, 0.2) is 11.6 Å². The predicted molar refractivity (Wildman–Crippen MR) is 103 cm³/mol. The van der Waals surface area contributed by atoms with Crippen molar-refractivity contribution in [1.82, 2.24) is 0 Å². The highest BCUT2D eigenvalue weighted by Crippen LogP contribution is 2.58. The molecule has 3 aliphatic carbocycles. The molecule has 0 aliphatic heterocycles. The largest absolute Gasteiger partial charge is 0.390 e. The molecule has 2 fully saturated rings. The van der Waals surface area contributed by atoms with Crippen molar-refractivity contribution in [3.63, 3.8) is 0 Å². The molecule has 3 aliphatic rings. The first-order valence-electron chi connectivity index (χ1n) is 9.98. The van der Waals surface area contributed by atoms with Gasteiger partial charge in [-0.15, -0.1) is 0 Å². The van der Waals surface area contributed by atoms with E-state index in [1.54, 1.807) is 32.9 Å². The number of Topliss-reactive ketones (excluding diaryl/α,β-unsaturated/α-hetero) is 2. The number of aliphatic hydroxyl groups excluding tert-OH is 1. The Morgan fingerprint density at radius 3 is 2.46 bits per heavy atom. The van der Waals surface area contributed by atoms with E-state index < -0.39 is 40.5 Å². The number of ketones is 2. The fourth-order valence-electron chi connectivity index (χ4n) is 5.42. The third-order valence-electron chi connectivity index (χ3n) is 6.99. The molecule has 3 N–H and O–H groups in total. The molecule has 6 nitrogen and oxygen atoms in total. The molecule has 156 valence electrons. The van der Waals surface area contributed by atoms with Gasteiger partial charge in [-0.1, -0.05) is 23.3 Å². The smallest absolute Gasteiger partial charge is 0.176 e. The summed E-state index contributed by atoms with van der Waals surface area (Å²) in [7, 11) is 1.41. The number of ether oxygens (including phenoxy) is 1. The fraction of sp³-hybridized carbons (Fsp3) is 0.727. The number of allylic oxidation sites excluding steroid dienone is 2. The van der Waals surface area contributed by atoms with Gasteiger partial charge < -0.3 is 20.1 Å². The molecular weight excluding hydrogens is 360 g/mol. The molecule has 28 heavy (non-hydrogen) atoms. The molecule has 3 rings (SSSR count). The van der Waals surface area contributed by atoms with E-state index in [2.05, 4.69) is 0 Å². The van der Waals surface area contributed by atoms with Crippen LogP contribution in [0.3, 0.4) is 0 Å². The molecule has 0 heterocycles. The monoisotopic (exact) mass is 392 g/mol. The third-order valence-corrected chi connectivity index (χ3v) is 6.99. The summed E-state index contributed by atoms with van der Waals surface area (Å²) in [4.78, 5) is 26.8. The average molecular weight is 392 g/mol. The lowest BCUT2D eigenvalue weighted by Gasteiger charge is -2.50. The minimum absolute atomic E-state index is 0.0471. The van der Waals surface area contributed by atoms with Gasteiger partial charge in [-0.05, 0) is 47.0 Å². The molecule has 0 radical (unpaired) electrons. The molecule has 0 aromatic carbocycles. The van der Waals surface area contributed by atoms with Crippen LogP contribution in [-0.2, 0) is 14.3 Å². The van der Waals surface area contributed by atoms with E-state index in [1.807, 2.05) is 6.92 Å². The van der Waals surface area contributed by atoms with Crippen LogP contribution in [0.4, 0.5) is 0 Å². The first-order chi connectivity index (χ1) is 12.8. The Morgan fingerprint density at radius 2 is 1.89 bits per heavy atom. The van der Waals surface area contributed by atoms with Crippen molar-refractivity contribution in [3.05, 3.63) is 23.3 Å². The Kier molecular flexibility index (Phi) is 5.24. The van der Waals surface area contributed by atoms with Crippen LogP contribution in [0, 0.1) is 17.3 Å². The van der Waals surface area contributed by atoms with Crippen molar-refractivity contribution in [2.75, 3.05) is 7.11 Å². The van der Waals surface area contributed by atoms with Crippen LogP contribution in [0.1, 0.15) is 53.4 Å². The van der Waals surface area contributed by atoms with Crippen molar-refractivity contribution in [1.29, 1.82) is 0 Å². The summed E-state index contributed by atoms with van der Waals surface area (Å²) in [6.45, 7) is 6.90. The minimum Gasteiger partial charge on any atom is -0.390 e. The maximum atomic E-state index is 13.5. The first-order valence-corrected chi connectivity index (χ1v) is 9.98. The van der Waals surface area contributed by atoms with E-state index in [0.717, 1.165) is 11.1 Å². The normalized spacial score (nSPS) is 42.0. The molecule has 0 aromatic rings. The molecule has 0 aromatic heterocycles. The zero-order chi connectivity index (χ0) is 21.1. The summed E-state index contributed by atoms with van der Waals surface area (Å²) in [6.07, 6.45) is 2.56. The Labute approximate surface area is 166 Å². The average Bonchev–Trinajstić information content (AvgIpc) is 2.90. The second kappa shape index (κ2) is 6.87. The molecule has 6 heteroatoms. The van der Waals surface area contributed by atoms with Gasteiger partial charge >= 0.3 is 0 Å². The molecule has 0 saturated heterocycles. The van der Waals surface area contributed by atoms with E-state index >= 15 is 0 Å². The highest BCUT2D eigenvalue weighted by Gasteiger charge is 2.63. The van der Waals surface area contributed by atoms with E-state index in [0.29, 0.717) is 12.8 Å². The van der Waals surface area contributed by atoms with Gasteiger partial charge in [0.25, 0.3) is 0 Å². The number of fused-ring (bicyclic) bond motifs is 1. The van der Waals surface area contributed by atoms with Crippen molar-refractivity contribution in [3.8, 4) is 0 Å². The van der Waals surface area contributed by atoms with Crippen molar-refractivity contribution in [2.24, 2.45) is 17.3 Å². The number of methoxy groups -OCH3 is 1. The molecule has 2 saturated carbocycles. The molecule has 0 unspecified atom stereocenters. The highest BCUT2D eigenvalue weighted by atomic mass is 16.5. The Morgan fingerprint density at radius 1 is 1.25 bits per heavy atom. The summed E-state index contributed by atoms with van der Waals surface area (Å²) in [5.74, 6) is -1.73. The van der Waals surface area contributed by atoms with E-state index in [4.69, 9.17) is 4.74 Å². The Hall–Kier alpha value is -1.34. The zero-order valence-corrected chi connectivity index (χ0v) is 17.4. The van der Waals surface area contributed by atoms with E-state index in [9.17, 15) is 24.9 Å². The van der Waals surface area contributed by atoms with Gasteiger partial charge in [0, 0.05) is 25.4 Å². The second-order valence-electron chi connectivity index (χ2n) is 9.49. The highest BCUT2D eigenvalue weighted by molar-refractivity contribution is 6.13. The second-order valence-corrected chi connectivity index (χ2v) is 9.49. The fourth-order valence-corrected chi connectivity index (χ4v) is 5.42. The van der Waals surface area contributed by atoms with Crippen LogP contribution < -0.4 is 0 Å². The van der Waals surface area contributed by atoms with E-state index in [1.165, 1.54) is 7.11 Å². The Bertz CT molecular complexity index is 741. The topological polar surface area (TPSA) is 104 Å². The van der Waals surface area contributed by atoms with Crippen molar-refractivity contribution < 1.29 is 29.6 Å². The number of carbonyl (C=O) groups excluding carboxylic acids is 2. The number of carbonyl (C=O) groups is 2. The van der Waals surface area contributed by atoms with Crippen LogP contribution in [0.15, 0.2) is 23.3 Å². The summed E-state index contributed by atoms with van der Waals surface area (Å²) in [6, 6.07) is 0. The van der Waals surface area contributed by atoms with Gasteiger partial charge in [-0.25, -0.2) is 0 Å². The summed E-state index contributed by atoms with van der Waals surface area (Å²) in [5.41, 5.74) is -1.65. The maximum absolute atomic E-state index is 13.5. The van der Waals surface area contributed by atoms with Crippen molar-refractivity contribution >= 4 is 11.6 Å². The lowest BCUT2D eigenvalue weighted by atomic mass is 9.52. The summed E-state index contributed by atoms with van der Waals surface area (Å²) >= 11 is 0. The summed E-state index contributed by atoms with van der Waals surface area (Å²) < 4.78 is 5.33. The van der Waals surface area contributed by atoms with Crippen LogP contribution in [-0.4, -0.2) is 57.4 Å². The lowest BCUT2D eigenvalue weighted by Crippen LogP contribution is -2.61. The first kappa shape index (κ1) is 21.4. The van der Waals surface area contributed by atoms with Gasteiger partial charge in [0.1, 0.15) is 17.6 Å². The molecule has 6 atom stereocenters. The third kappa shape index (κ3) is 3.20. The predicted octanol–water partition coefficient (Wildman–Crippen LogP) is 1.72. The van der Waals surface area contributed by atoms with Crippen molar-refractivity contribution in [2.45, 2.75) is 76.8 Å². The molecular formula is C22H32O6. The lowest BCUT2D eigenvalue weighted by molar-refractivity contribution is -0.166. The number of hydrogen-bond acceptors (Lipinski definition) is 6. The zero-order valence-electron chi connectivity index (χ0n) is 17.4. The van der Waals surface area contributed by atoms with Gasteiger partial charge in [0.2, 0.25) is 0 Å². The number of aliphatic hydroxyl groups is 3. The standard InChI is InChI=1S/C22H32O6/c1-12-13-6-9-21(4,27)15(13)11-22(14(12)7-8-20(2,3)26)18(24)16(23)10-17(28-5)19(22)25/h7-8,14-17,23,26-27H,6,9-11H2,1-5H3/b8-7+/t14-,15-,16+,17-,21+,22-/m0/s1. The number of rotatable bonds is 3. The Balaban J connectivity index is 2.22. The quantitative estimate of drug-likeness (QED) is 0.499. The van der Waals surface area contributed by atoms with Gasteiger partial charge in [-0.2, -0.15) is 0 Å². The minimum atomic E-state index is -1.49. The van der Waals surface area contributed by atoms with Gasteiger partial charge in [0.05, 0.1) is 11.2 Å². The molecule has 0 bridgehead atoms. The molecule has 1 spiro atoms. The van der Waals surface area contributed by atoms with Crippen LogP contribution >= 0.6 is 0 Å². The molecule has 0 amide bonds. The van der Waals surface area contributed by atoms with Crippen LogP contribution in [0.2, 0.25) is 0 Å². The van der Waals surface area contributed by atoms with Crippen LogP contribution in [0.5, 0.6) is 0 Å². The van der Waals surface area contributed by atoms with Crippen LogP contribution in [0.25, 0.3) is 0 Å².